The van der Waals surface area contributed by atoms with Crippen molar-refractivity contribution in [1.29, 1.82) is 0 Å². The van der Waals surface area contributed by atoms with Crippen molar-refractivity contribution in [3.05, 3.63) is 30.3 Å². The molecule has 0 radical (unpaired) electrons. The van der Waals surface area contributed by atoms with Crippen LogP contribution in [0.2, 0.25) is 0 Å². The summed E-state index contributed by atoms with van der Waals surface area (Å²) in [6, 6.07) is 7.28. The van der Waals surface area contributed by atoms with E-state index in [4.69, 9.17) is 8.85 Å². The van der Waals surface area contributed by atoms with Gasteiger partial charge in [-0.25, -0.2) is 4.39 Å². The van der Waals surface area contributed by atoms with E-state index in [0.29, 0.717) is 0 Å². The van der Waals surface area contributed by atoms with E-state index in [2.05, 4.69) is 4.43 Å². The number of alkyl halides is 5. The molecule has 9 heteroatoms. The SMILES string of the molecule is CO[Si](OC)(OC(F)(CF)C(F)(F)F)c1ccccc1. The van der Waals surface area contributed by atoms with Crippen LogP contribution in [0.25, 0.3) is 0 Å². The Balaban J connectivity index is 3.22. The van der Waals surface area contributed by atoms with Crippen molar-refractivity contribution in [3.8, 4) is 0 Å². The fourth-order valence-corrected chi connectivity index (χ4v) is 3.60. The number of hydrogen-bond donors (Lipinski definition) is 0. The lowest BCUT2D eigenvalue weighted by molar-refractivity contribution is -0.317. The van der Waals surface area contributed by atoms with Gasteiger partial charge in [-0.3, -0.25) is 0 Å². The number of hydrogen-bond acceptors (Lipinski definition) is 3. The van der Waals surface area contributed by atoms with Crippen LogP contribution in [0.15, 0.2) is 30.3 Å². The zero-order chi connectivity index (χ0) is 15.4. The first-order valence-corrected chi connectivity index (χ1v) is 7.15. The molecule has 0 amide bonds. The molecule has 0 aliphatic carbocycles. The highest BCUT2D eigenvalue weighted by Crippen LogP contribution is 2.37. The van der Waals surface area contributed by atoms with Gasteiger partial charge in [0, 0.05) is 19.4 Å². The second-order valence-electron chi connectivity index (χ2n) is 3.79. The largest absolute Gasteiger partial charge is 0.539 e. The molecule has 0 aliphatic rings. The Morgan fingerprint density at radius 2 is 1.50 bits per heavy atom. The van der Waals surface area contributed by atoms with Crippen molar-refractivity contribution in [2.45, 2.75) is 12.0 Å². The van der Waals surface area contributed by atoms with Crippen LogP contribution in [-0.4, -0.2) is 41.7 Å². The lowest BCUT2D eigenvalue weighted by atomic mass is 10.3. The smallest absolute Gasteiger partial charge is 0.373 e. The summed E-state index contributed by atoms with van der Waals surface area (Å²) in [6.45, 7) is -2.40. The van der Waals surface area contributed by atoms with Crippen LogP contribution >= 0.6 is 0 Å². The third-order valence-electron chi connectivity index (χ3n) is 2.56. The number of rotatable bonds is 6. The monoisotopic (exact) mass is 316 g/mol. The first kappa shape index (κ1) is 17.0. The molecule has 20 heavy (non-hydrogen) atoms. The van der Waals surface area contributed by atoms with E-state index in [1.165, 1.54) is 24.3 Å². The van der Waals surface area contributed by atoms with E-state index in [1.807, 2.05) is 0 Å². The normalized spacial score (nSPS) is 15.9. The Morgan fingerprint density at radius 1 is 1.00 bits per heavy atom. The van der Waals surface area contributed by atoms with Crippen LogP contribution in [0.4, 0.5) is 22.0 Å². The van der Waals surface area contributed by atoms with Crippen LogP contribution in [-0.2, 0) is 13.3 Å². The van der Waals surface area contributed by atoms with E-state index >= 15 is 0 Å². The van der Waals surface area contributed by atoms with Crippen LogP contribution in [0.3, 0.4) is 0 Å². The molecule has 0 fully saturated rings. The predicted molar refractivity (Wildman–Crippen MR) is 62.8 cm³/mol. The summed E-state index contributed by atoms with van der Waals surface area (Å²) in [7, 11) is -2.20. The Kier molecular flexibility index (Phi) is 5.25. The topological polar surface area (TPSA) is 27.7 Å². The summed E-state index contributed by atoms with van der Waals surface area (Å²) in [5.41, 5.74) is 0. The molecule has 0 aromatic heterocycles. The fourth-order valence-electron chi connectivity index (χ4n) is 1.48. The molecule has 114 valence electrons. The summed E-state index contributed by atoms with van der Waals surface area (Å²) >= 11 is 0. The lowest BCUT2D eigenvalue weighted by Gasteiger charge is -2.34. The molecular formula is C11H13F5O3Si. The van der Waals surface area contributed by atoms with Crippen LogP contribution in [0.5, 0.6) is 0 Å². The summed E-state index contributed by atoms with van der Waals surface area (Å²) in [6.07, 6.45) is -5.55. The molecule has 0 saturated carbocycles. The van der Waals surface area contributed by atoms with Crippen molar-refractivity contribution < 1.29 is 35.2 Å². The molecule has 1 atom stereocenters. The summed E-state index contributed by atoms with van der Waals surface area (Å²) < 4.78 is 78.1. The Labute approximate surface area is 113 Å². The molecule has 0 saturated heterocycles. The van der Waals surface area contributed by atoms with Gasteiger partial charge >= 0.3 is 20.8 Å². The maximum atomic E-state index is 13.7. The van der Waals surface area contributed by atoms with E-state index < -0.39 is 27.5 Å². The summed E-state index contributed by atoms with van der Waals surface area (Å²) in [5, 5.41) is 0.0877. The molecule has 0 heterocycles. The lowest BCUT2D eigenvalue weighted by Crippen LogP contribution is -2.63. The van der Waals surface area contributed by atoms with Crippen molar-refractivity contribution in [3.63, 3.8) is 0 Å². The number of halogens is 5. The standard InChI is InChI=1S/C11H13F5O3Si/c1-17-20(18-2,9-6-4-3-5-7-9)19-10(13,8-12)11(14,15)16/h3-7H,8H2,1-2H3. The number of benzene rings is 1. The van der Waals surface area contributed by atoms with Gasteiger partial charge in [0.15, 0.2) is 6.67 Å². The second-order valence-corrected chi connectivity index (χ2v) is 6.50. The van der Waals surface area contributed by atoms with Gasteiger partial charge < -0.3 is 13.3 Å². The van der Waals surface area contributed by atoms with Crippen molar-refractivity contribution in [2.75, 3.05) is 20.9 Å². The fraction of sp³-hybridized carbons (Fsp3) is 0.455. The van der Waals surface area contributed by atoms with Gasteiger partial charge in [-0.2, -0.15) is 17.6 Å². The Hall–Kier alpha value is -1.03. The minimum absolute atomic E-state index is 0.0877. The highest BCUT2D eigenvalue weighted by atomic mass is 28.4. The average Bonchev–Trinajstić information content (AvgIpc) is 2.44. The molecule has 0 spiro atoms. The van der Waals surface area contributed by atoms with Crippen molar-refractivity contribution in [1.82, 2.24) is 0 Å². The maximum absolute atomic E-state index is 13.7. The predicted octanol–water partition coefficient (Wildman–Crippen LogP) is 2.34. The molecule has 1 aromatic rings. The zero-order valence-electron chi connectivity index (χ0n) is 10.7. The molecule has 1 rings (SSSR count). The van der Waals surface area contributed by atoms with Crippen LogP contribution < -0.4 is 5.19 Å². The summed E-state index contributed by atoms with van der Waals surface area (Å²) in [4.78, 5) is 0. The Morgan fingerprint density at radius 3 is 1.85 bits per heavy atom. The minimum atomic E-state index is -5.55. The molecular weight excluding hydrogens is 303 g/mol. The van der Waals surface area contributed by atoms with Gasteiger partial charge in [0.2, 0.25) is 0 Å². The molecule has 1 aromatic carbocycles. The van der Waals surface area contributed by atoms with E-state index in [9.17, 15) is 22.0 Å². The molecule has 0 N–H and O–H groups in total. The van der Waals surface area contributed by atoms with Gasteiger partial charge in [0.1, 0.15) is 0 Å². The zero-order valence-corrected chi connectivity index (χ0v) is 11.7. The van der Waals surface area contributed by atoms with Crippen molar-refractivity contribution >= 4 is 14.0 Å². The van der Waals surface area contributed by atoms with E-state index in [1.54, 1.807) is 6.07 Å². The van der Waals surface area contributed by atoms with Gasteiger partial charge in [-0.15, -0.1) is 0 Å². The average molecular weight is 316 g/mol. The molecule has 1 unspecified atom stereocenters. The second kappa shape index (κ2) is 6.16. The van der Waals surface area contributed by atoms with Gasteiger partial charge in [-0.1, -0.05) is 30.3 Å². The Bertz CT molecular complexity index is 424. The van der Waals surface area contributed by atoms with Crippen LogP contribution in [0.1, 0.15) is 0 Å². The first-order chi connectivity index (χ1) is 9.24. The van der Waals surface area contributed by atoms with Gasteiger partial charge in [-0.05, 0) is 0 Å². The third-order valence-corrected chi connectivity index (χ3v) is 5.26. The van der Waals surface area contributed by atoms with Gasteiger partial charge in [0.25, 0.3) is 0 Å². The molecule has 0 bridgehead atoms. The van der Waals surface area contributed by atoms with Gasteiger partial charge in [0.05, 0.1) is 0 Å². The van der Waals surface area contributed by atoms with Crippen LogP contribution in [0, 0.1) is 0 Å². The highest BCUT2D eigenvalue weighted by molar-refractivity contribution is 6.75. The quantitative estimate of drug-likeness (QED) is 0.595. The molecule has 0 aliphatic heterocycles. The summed E-state index contributed by atoms with van der Waals surface area (Å²) in [5.74, 6) is -4.49. The third kappa shape index (κ3) is 3.17. The van der Waals surface area contributed by atoms with E-state index in [-0.39, 0.29) is 5.19 Å². The van der Waals surface area contributed by atoms with E-state index in [0.717, 1.165) is 14.2 Å². The first-order valence-electron chi connectivity index (χ1n) is 5.42. The highest BCUT2D eigenvalue weighted by Gasteiger charge is 2.64. The molecule has 3 nitrogen and oxygen atoms in total. The maximum Gasteiger partial charge on any atom is 0.539 e. The van der Waals surface area contributed by atoms with Crippen molar-refractivity contribution in [2.24, 2.45) is 0 Å². The minimum Gasteiger partial charge on any atom is -0.373 e.